The standard InChI is InChI=1S/C18H16ClNO3/c1-2-3-10-23-16-13(11-4-6-12(19)7-5-11)8-9-14-15(16)18(22)20-17(14)21/h4-9H,2-3,10H2,1H3,(H,20,21,22). The molecule has 0 aliphatic carbocycles. The van der Waals surface area contributed by atoms with Gasteiger partial charge in [-0.2, -0.15) is 0 Å². The fraction of sp³-hybridized carbons (Fsp3) is 0.222. The molecule has 0 fully saturated rings. The van der Waals surface area contributed by atoms with E-state index in [0.717, 1.165) is 24.0 Å². The van der Waals surface area contributed by atoms with Crippen LogP contribution >= 0.6 is 11.6 Å². The predicted octanol–water partition coefficient (Wildman–Crippen LogP) is 4.07. The van der Waals surface area contributed by atoms with Crippen LogP contribution in [0, 0.1) is 0 Å². The van der Waals surface area contributed by atoms with Crippen molar-refractivity contribution in [3.8, 4) is 16.9 Å². The number of amides is 2. The number of ether oxygens (including phenoxy) is 1. The number of hydrogen-bond acceptors (Lipinski definition) is 3. The monoisotopic (exact) mass is 329 g/mol. The summed E-state index contributed by atoms with van der Waals surface area (Å²) in [6, 6.07) is 10.8. The molecule has 0 radical (unpaired) electrons. The second-order valence-corrected chi connectivity index (χ2v) is 5.79. The van der Waals surface area contributed by atoms with E-state index in [1.807, 2.05) is 18.2 Å². The molecule has 2 amide bonds. The Morgan fingerprint density at radius 2 is 1.70 bits per heavy atom. The molecule has 1 aliphatic rings. The number of hydrogen-bond donors (Lipinski definition) is 1. The van der Waals surface area contributed by atoms with Gasteiger partial charge in [0.1, 0.15) is 5.75 Å². The third-order valence-electron chi connectivity index (χ3n) is 3.76. The number of unbranched alkanes of at least 4 members (excludes halogenated alkanes) is 1. The normalized spacial score (nSPS) is 13.0. The molecule has 1 N–H and O–H groups in total. The minimum atomic E-state index is -0.410. The first-order chi connectivity index (χ1) is 11.1. The van der Waals surface area contributed by atoms with E-state index in [4.69, 9.17) is 16.3 Å². The predicted molar refractivity (Wildman–Crippen MR) is 89.1 cm³/mol. The van der Waals surface area contributed by atoms with Gasteiger partial charge in [-0.25, -0.2) is 0 Å². The molecule has 0 unspecified atom stereocenters. The summed E-state index contributed by atoms with van der Waals surface area (Å²) < 4.78 is 5.88. The molecule has 0 aromatic heterocycles. The van der Waals surface area contributed by atoms with Gasteiger partial charge in [-0.05, 0) is 36.2 Å². The van der Waals surface area contributed by atoms with Crippen LogP contribution in [0.25, 0.3) is 11.1 Å². The van der Waals surface area contributed by atoms with Crippen molar-refractivity contribution in [2.45, 2.75) is 19.8 Å². The maximum Gasteiger partial charge on any atom is 0.262 e. The SMILES string of the molecule is CCCCOc1c(-c2ccc(Cl)cc2)ccc2c1C(=O)NC2=O. The fourth-order valence-electron chi connectivity index (χ4n) is 2.56. The minimum absolute atomic E-state index is 0.318. The number of nitrogens with one attached hydrogen (secondary N) is 1. The van der Waals surface area contributed by atoms with Crippen LogP contribution in [0.2, 0.25) is 5.02 Å². The number of imide groups is 1. The van der Waals surface area contributed by atoms with Gasteiger partial charge >= 0.3 is 0 Å². The van der Waals surface area contributed by atoms with E-state index in [-0.39, 0.29) is 5.91 Å². The van der Waals surface area contributed by atoms with Crippen molar-refractivity contribution in [3.63, 3.8) is 0 Å². The maximum absolute atomic E-state index is 12.1. The lowest BCUT2D eigenvalue weighted by molar-refractivity contribution is 0.0878. The average molecular weight is 330 g/mol. The van der Waals surface area contributed by atoms with Gasteiger partial charge in [0, 0.05) is 10.6 Å². The van der Waals surface area contributed by atoms with E-state index in [1.165, 1.54) is 0 Å². The van der Waals surface area contributed by atoms with Gasteiger partial charge < -0.3 is 4.74 Å². The van der Waals surface area contributed by atoms with Crippen molar-refractivity contribution in [2.75, 3.05) is 6.61 Å². The first-order valence-corrected chi connectivity index (χ1v) is 7.91. The molecular weight excluding hydrogens is 314 g/mol. The smallest absolute Gasteiger partial charge is 0.262 e. The number of halogens is 1. The molecule has 0 spiro atoms. The summed E-state index contributed by atoms with van der Waals surface area (Å²) in [5.74, 6) is -0.332. The Labute approximate surface area is 139 Å². The molecule has 118 valence electrons. The second kappa shape index (κ2) is 6.42. The summed E-state index contributed by atoms with van der Waals surface area (Å²) >= 11 is 5.94. The highest BCUT2D eigenvalue weighted by molar-refractivity contribution is 6.30. The third-order valence-corrected chi connectivity index (χ3v) is 4.01. The number of benzene rings is 2. The lowest BCUT2D eigenvalue weighted by Crippen LogP contribution is -2.20. The van der Waals surface area contributed by atoms with Crippen molar-refractivity contribution in [2.24, 2.45) is 0 Å². The van der Waals surface area contributed by atoms with Gasteiger partial charge in [0.2, 0.25) is 0 Å². The lowest BCUT2D eigenvalue weighted by atomic mass is 9.98. The molecule has 0 saturated carbocycles. The zero-order chi connectivity index (χ0) is 16.4. The Morgan fingerprint density at radius 3 is 2.39 bits per heavy atom. The highest BCUT2D eigenvalue weighted by Gasteiger charge is 2.32. The summed E-state index contributed by atoms with van der Waals surface area (Å²) in [5, 5.41) is 2.96. The van der Waals surface area contributed by atoms with Crippen molar-refractivity contribution < 1.29 is 14.3 Å². The Balaban J connectivity index is 2.12. The lowest BCUT2D eigenvalue weighted by Gasteiger charge is -2.14. The molecule has 2 aromatic rings. The van der Waals surface area contributed by atoms with Crippen molar-refractivity contribution in [3.05, 3.63) is 52.5 Å². The first kappa shape index (κ1) is 15.6. The van der Waals surface area contributed by atoms with Crippen LogP contribution in [-0.4, -0.2) is 18.4 Å². The molecule has 0 bridgehead atoms. The van der Waals surface area contributed by atoms with Crippen LogP contribution in [0.4, 0.5) is 0 Å². The van der Waals surface area contributed by atoms with Gasteiger partial charge in [0.25, 0.3) is 11.8 Å². The molecule has 1 aliphatic heterocycles. The molecule has 5 heteroatoms. The van der Waals surface area contributed by atoms with Crippen LogP contribution in [0.15, 0.2) is 36.4 Å². The number of fused-ring (bicyclic) bond motifs is 1. The van der Waals surface area contributed by atoms with E-state index >= 15 is 0 Å². The van der Waals surface area contributed by atoms with Crippen LogP contribution < -0.4 is 10.1 Å². The average Bonchev–Trinajstić information content (AvgIpc) is 2.83. The number of carbonyl (C=O) groups is 2. The summed E-state index contributed by atoms with van der Waals surface area (Å²) in [7, 11) is 0. The van der Waals surface area contributed by atoms with Crippen LogP contribution in [0.1, 0.15) is 40.5 Å². The maximum atomic E-state index is 12.1. The summed E-state index contributed by atoms with van der Waals surface area (Å²) in [4.78, 5) is 24.0. The Kier molecular flexibility index (Phi) is 4.35. The second-order valence-electron chi connectivity index (χ2n) is 5.36. The molecule has 1 heterocycles. The van der Waals surface area contributed by atoms with Crippen LogP contribution in [0.3, 0.4) is 0 Å². The van der Waals surface area contributed by atoms with Gasteiger partial charge in [0.15, 0.2) is 0 Å². The van der Waals surface area contributed by atoms with E-state index in [1.54, 1.807) is 18.2 Å². The van der Waals surface area contributed by atoms with Crippen LogP contribution in [-0.2, 0) is 0 Å². The first-order valence-electron chi connectivity index (χ1n) is 7.53. The molecule has 4 nitrogen and oxygen atoms in total. The molecule has 3 rings (SSSR count). The van der Waals surface area contributed by atoms with Crippen molar-refractivity contribution >= 4 is 23.4 Å². The topological polar surface area (TPSA) is 55.4 Å². The molecule has 0 saturated heterocycles. The van der Waals surface area contributed by atoms with E-state index in [2.05, 4.69) is 12.2 Å². The van der Waals surface area contributed by atoms with Gasteiger partial charge in [0.05, 0.1) is 17.7 Å². The quantitative estimate of drug-likeness (QED) is 0.664. The number of rotatable bonds is 5. The molecule has 0 atom stereocenters. The highest BCUT2D eigenvalue weighted by atomic mass is 35.5. The fourth-order valence-corrected chi connectivity index (χ4v) is 2.68. The number of carbonyl (C=O) groups excluding carboxylic acids is 2. The summed E-state index contributed by atoms with van der Waals surface area (Å²) in [6.07, 6.45) is 1.86. The highest BCUT2D eigenvalue weighted by Crippen LogP contribution is 2.37. The summed E-state index contributed by atoms with van der Waals surface area (Å²) in [6.45, 7) is 2.56. The Morgan fingerprint density at radius 1 is 1.00 bits per heavy atom. The van der Waals surface area contributed by atoms with E-state index < -0.39 is 5.91 Å². The zero-order valence-electron chi connectivity index (χ0n) is 12.7. The van der Waals surface area contributed by atoms with Crippen molar-refractivity contribution in [1.29, 1.82) is 0 Å². The molecule has 23 heavy (non-hydrogen) atoms. The third kappa shape index (κ3) is 2.94. The van der Waals surface area contributed by atoms with E-state index in [9.17, 15) is 9.59 Å². The Bertz CT molecular complexity index is 769. The molecule has 2 aromatic carbocycles. The minimum Gasteiger partial charge on any atom is -0.492 e. The van der Waals surface area contributed by atoms with Gasteiger partial charge in [-0.1, -0.05) is 37.1 Å². The largest absolute Gasteiger partial charge is 0.492 e. The van der Waals surface area contributed by atoms with Crippen LogP contribution in [0.5, 0.6) is 5.75 Å². The van der Waals surface area contributed by atoms with Gasteiger partial charge in [-0.15, -0.1) is 0 Å². The van der Waals surface area contributed by atoms with E-state index in [0.29, 0.717) is 28.5 Å². The zero-order valence-corrected chi connectivity index (χ0v) is 13.4. The van der Waals surface area contributed by atoms with Crippen molar-refractivity contribution in [1.82, 2.24) is 5.32 Å². The molecular formula is C18H16ClNO3. The Hall–Kier alpha value is -2.33. The summed E-state index contributed by atoms with van der Waals surface area (Å²) in [5.41, 5.74) is 2.34. The van der Waals surface area contributed by atoms with Gasteiger partial charge in [-0.3, -0.25) is 14.9 Å².